The molecule has 0 heterocycles. The van der Waals surface area contributed by atoms with Gasteiger partial charge >= 0.3 is 0 Å². The predicted molar refractivity (Wildman–Crippen MR) is 79.4 cm³/mol. The van der Waals surface area contributed by atoms with Gasteiger partial charge in [-0.3, -0.25) is 0 Å². The molecule has 3 heteroatoms. The first-order valence-corrected chi connectivity index (χ1v) is 6.57. The fourth-order valence-corrected chi connectivity index (χ4v) is 2.22. The minimum atomic E-state index is -0.00259. The Kier molecular flexibility index (Phi) is 5.02. The molecule has 0 bridgehead atoms. The van der Waals surface area contributed by atoms with Gasteiger partial charge in [0.2, 0.25) is 0 Å². The summed E-state index contributed by atoms with van der Waals surface area (Å²) in [6.07, 6.45) is 0.824. The molecule has 2 aromatic carbocycles. The van der Waals surface area contributed by atoms with E-state index in [4.69, 9.17) is 14.2 Å². The molecular weight excluding hydrogens is 252 g/mol. The number of hydrogen-bond acceptors (Lipinski definition) is 3. The average molecular weight is 272 g/mol. The molecule has 2 aromatic rings. The molecule has 106 valence electrons. The summed E-state index contributed by atoms with van der Waals surface area (Å²) in [6.45, 7) is 0. The Balaban J connectivity index is 2.23. The van der Waals surface area contributed by atoms with E-state index in [0.717, 1.165) is 23.5 Å². The van der Waals surface area contributed by atoms with Gasteiger partial charge in [-0.2, -0.15) is 0 Å². The molecule has 1 atom stereocenters. The predicted octanol–water partition coefficient (Wildman–Crippen LogP) is 3.63. The van der Waals surface area contributed by atoms with Crippen molar-refractivity contribution in [3.63, 3.8) is 0 Å². The first-order chi connectivity index (χ1) is 9.78. The van der Waals surface area contributed by atoms with Crippen LogP contribution in [0.3, 0.4) is 0 Å². The molecule has 0 saturated heterocycles. The van der Waals surface area contributed by atoms with Crippen LogP contribution in [0.2, 0.25) is 0 Å². The zero-order chi connectivity index (χ0) is 14.4. The number of benzene rings is 2. The lowest BCUT2D eigenvalue weighted by Gasteiger charge is -2.18. The highest BCUT2D eigenvalue weighted by atomic mass is 16.5. The van der Waals surface area contributed by atoms with Crippen LogP contribution in [0.5, 0.6) is 11.5 Å². The maximum atomic E-state index is 5.62. The Morgan fingerprint density at radius 3 is 2.15 bits per heavy atom. The maximum absolute atomic E-state index is 5.62. The zero-order valence-electron chi connectivity index (χ0n) is 12.1. The van der Waals surface area contributed by atoms with E-state index in [9.17, 15) is 0 Å². The largest absolute Gasteiger partial charge is 0.493 e. The third kappa shape index (κ3) is 3.31. The molecule has 0 aliphatic rings. The summed E-state index contributed by atoms with van der Waals surface area (Å²) in [4.78, 5) is 0. The molecular formula is C17H20O3. The molecule has 0 radical (unpaired) electrons. The van der Waals surface area contributed by atoms with Gasteiger partial charge in [0.05, 0.1) is 20.3 Å². The summed E-state index contributed by atoms with van der Waals surface area (Å²) in [7, 11) is 5.00. The van der Waals surface area contributed by atoms with Crippen LogP contribution in [0.1, 0.15) is 17.2 Å². The maximum Gasteiger partial charge on any atom is 0.161 e. The van der Waals surface area contributed by atoms with Crippen molar-refractivity contribution in [1.82, 2.24) is 0 Å². The van der Waals surface area contributed by atoms with Gasteiger partial charge < -0.3 is 14.2 Å². The number of ether oxygens (including phenoxy) is 3. The Bertz CT molecular complexity index is 537. The third-order valence-corrected chi connectivity index (χ3v) is 3.33. The van der Waals surface area contributed by atoms with Gasteiger partial charge in [-0.1, -0.05) is 36.4 Å². The highest BCUT2D eigenvalue weighted by molar-refractivity contribution is 5.43. The van der Waals surface area contributed by atoms with E-state index < -0.39 is 0 Å². The first-order valence-electron chi connectivity index (χ1n) is 6.57. The molecule has 0 aliphatic carbocycles. The van der Waals surface area contributed by atoms with Crippen molar-refractivity contribution < 1.29 is 14.2 Å². The van der Waals surface area contributed by atoms with E-state index in [0.29, 0.717) is 0 Å². The molecule has 0 aliphatic heterocycles. The summed E-state index contributed by atoms with van der Waals surface area (Å²) in [5.74, 6) is 1.45. The van der Waals surface area contributed by atoms with E-state index in [-0.39, 0.29) is 6.10 Å². The Labute approximate surface area is 120 Å². The molecule has 1 unspecified atom stereocenters. The molecule has 0 spiro atoms. The quantitative estimate of drug-likeness (QED) is 0.803. The molecule has 0 saturated carbocycles. The van der Waals surface area contributed by atoms with E-state index in [2.05, 4.69) is 12.1 Å². The van der Waals surface area contributed by atoms with Crippen molar-refractivity contribution in [3.05, 3.63) is 59.7 Å². The van der Waals surface area contributed by atoms with E-state index in [1.807, 2.05) is 36.4 Å². The highest BCUT2D eigenvalue weighted by Gasteiger charge is 2.14. The minimum absolute atomic E-state index is 0.00259. The molecule has 0 N–H and O–H groups in total. The monoisotopic (exact) mass is 272 g/mol. The van der Waals surface area contributed by atoms with Gasteiger partial charge in [-0.25, -0.2) is 0 Å². The Morgan fingerprint density at radius 1 is 0.850 bits per heavy atom. The highest BCUT2D eigenvalue weighted by Crippen LogP contribution is 2.32. The SMILES string of the molecule is COc1ccc(C(Cc2ccccc2)OC)cc1OC. The van der Waals surface area contributed by atoms with Crippen LogP contribution in [0.25, 0.3) is 0 Å². The van der Waals surface area contributed by atoms with Gasteiger partial charge in [0.1, 0.15) is 0 Å². The third-order valence-electron chi connectivity index (χ3n) is 3.33. The van der Waals surface area contributed by atoms with Gasteiger partial charge in [0, 0.05) is 13.5 Å². The summed E-state index contributed by atoms with van der Waals surface area (Å²) >= 11 is 0. The number of methoxy groups -OCH3 is 3. The van der Waals surface area contributed by atoms with Gasteiger partial charge in [-0.15, -0.1) is 0 Å². The lowest BCUT2D eigenvalue weighted by molar-refractivity contribution is 0.103. The fraction of sp³-hybridized carbons (Fsp3) is 0.294. The van der Waals surface area contributed by atoms with Crippen molar-refractivity contribution in [1.29, 1.82) is 0 Å². The summed E-state index contributed by atoms with van der Waals surface area (Å²) in [5, 5.41) is 0. The molecule has 0 aromatic heterocycles. The van der Waals surface area contributed by atoms with Crippen LogP contribution in [0, 0.1) is 0 Å². The topological polar surface area (TPSA) is 27.7 Å². The average Bonchev–Trinajstić information content (AvgIpc) is 2.53. The Morgan fingerprint density at radius 2 is 1.55 bits per heavy atom. The molecule has 20 heavy (non-hydrogen) atoms. The minimum Gasteiger partial charge on any atom is -0.493 e. The van der Waals surface area contributed by atoms with Crippen LogP contribution in [-0.4, -0.2) is 21.3 Å². The van der Waals surface area contributed by atoms with Gasteiger partial charge in [-0.05, 0) is 23.3 Å². The normalized spacial score (nSPS) is 11.9. The van der Waals surface area contributed by atoms with Crippen molar-refractivity contribution in [2.75, 3.05) is 21.3 Å². The van der Waals surface area contributed by atoms with Crippen molar-refractivity contribution >= 4 is 0 Å². The zero-order valence-corrected chi connectivity index (χ0v) is 12.1. The van der Waals surface area contributed by atoms with E-state index in [1.165, 1.54) is 5.56 Å². The van der Waals surface area contributed by atoms with Crippen LogP contribution in [0.15, 0.2) is 48.5 Å². The van der Waals surface area contributed by atoms with Crippen LogP contribution >= 0.6 is 0 Å². The van der Waals surface area contributed by atoms with Gasteiger partial charge in [0.25, 0.3) is 0 Å². The second-order valence-electron chi connectivity index (χ2n) is 4.53. The molecule has 0 amide bonds. The van der Waals surface area contributed by atoms with Crippen molar-refractivity contribution in [2.24, 2.45) is 0 Å². The fourth-order valence-electron chi connectivity index (χ4n) is 2.22. The van der Waals surface area contributed by atoms with Crippen LogP contribution in [-0.2, 0) is 11.2 Å². The van der Waals surface area contributed by atoms with Gasteiger partial charge in [0.15, 0.2) is 11.5 Å². The standard InChI is InChI=1S/C17H20O3/c1-18-15-10-9-14(12-17(15)20-3)16(19-2)11-13-7-5-4-6-8-13/h4-10,12,16H,11H2,1-3H3. The summed E-state index contributed by atoms with van der Waals surface area (Å²) in [6, 6.07) is 16.2. The Hall–Kier alpha value is -2.00. The van der Waals surface area contributed by atoms with Crippen molar-refractivity contribution in [2.45, 2.75) is 12.5 Å². The summed E-state index contributed by atoms with van der Waals surface area (Å²) < 4.78 is 16.2. The first kappa shape index (κ1) is 14.4. The molecule has 0 fully saturated rings. The number of hydrogen-bond donors (Lipinski definition) is 0. The van der Waals surface area contributed by atoms with Crippen LogP contribution < -0.4 is 9.47 Å². The second-order valence-corrected chi connectivity index (χ2v) is 4.53. The summed E-state index contributed by atoms with van der Waals surface area (Å²) in [5.41, 5.74) is 2.32. The molecule has 2 rings (SSSR count). The lowest BCUT2D eigenvalue weighted by Crippen LogP contribution is -2.06. The molecule has 3 nitrogen and oxygen atoms in total. The van der Waals surface area contributed by atoms with E-state index in [1.54, 1.807) is 21.3 Å². The number of rotatable bonds is 6. The van der Waals surface area contributed by atoms with E-state index >= 15 is 0 Å². The second kappa shape index (κ2) is 6.96. The van der Waals surface area contributed by atoms with Crippen molar-refractivity contribution in [3.8, 4) is 11.5 Å². The lowest BCUT2D eigenvalue weighted by atomic mass is 10.0. The van der Waals surface area contributed by atoms with Crippen LogP contribution in [0.4, 0.5) is 0 Å². The smallest absolute Gasteiger partial charge is 0.161 e.